The molecule has 1 aliphatic heterocycles. The molecule has 3 aromatic carbocycles. The van der Waals surface area contributed by atoms with Crippen molar-refractivity contribution >= 4 is 0 Å². The number of phenolic OH excluding ortho intramolecular Hbond substituents is 2. The first kappa shape index (κ1) is 17.5. The van der Waals surface area contributed by atoms with Gasteiger partial charge in [0.05, 0.1) is 18.5 Å². The van der Waals surface area contributed by atoms with Crippen molar-refractivity contribution in [3.63, 3.8) is 0 Å². The highest BCUT2D eigenvalue weighted by Crippen LogP contribution is 2.37. The summed E-state index contributed by atoms with van der Waals surface area (Å²) in [6, 6.07) is 25.1. The molecule has 0 aliphatic carbocycles. The summed E-state index contributed by atoms with van der Waals surface area (Å²) in [5.41, 5.74) is 2.99. The summed E-state index contributed by atoms with van der Waals surface area (Å²) in [6.45, 7) is 0. The molecule has 4 N–H and O–H groups in total. The number of phenols is 2. The Labute approximate surface area is 158 Å². The molecule has 0 amide bonds. The standard InChI is InChI=1S/C22H23N3O2/c1-25-21(16-10-6-3-7-11-16)23-20(15-8-4-2-5-9-15)24-22(25)18-13-12-17(26)14-19(18)27/h2-14,20-24,26-27H,1H3. The van der Waals surface area contributed by atoms with Crippen molar-refractivity contribution in [1.29, 1.82) is 0 Å². The second-order valence-corrected chi connectivity index (χ2v) is 6.80. The van der Waals surface area contributed by atoms with E-state index in [0.717, 1.165) is 16.7 Å². The van der Waals surface area contributed by atoms with Crippen LogP contribution >= 0.6 is 0 Å². The van der Waals surface area contributed by atoms with Gasteiger partial charge in [-0.1, -0.05) is 60.7 Å². The molecule has 0 bridgehead atoms. The van der Waals surface area contributed by atoms with Crippen LogP contribution in [0.3, 0.4) is 0 Å². The zero-order valence-electron chi connectivity index (χ0n) is 15.1. The van der Waals surface area contributed by atoms with Crippen molar-refractivity contribution in [2.24, 2.45) is 0 Å². The predicted molar refractivity (Wildman–Crippen MR) is 105 cm³/mol. The van der Waals surface area contributed by atoms with Crippen molar-refractivity contribution in [2.75, 3.05) is 7.05 Å². The molecule has 3 unspecified atom stereocenters. The van der Waals surface area contributed by atoms with Gasteiger partial charge in [-0.05, 0) is 30.3 Å². The Morgan fingerprint density at radius 3 is 1.96 bits per heavy atom. The second-order valence-electron chi connectivity index (χ2n) is 6.80. The van der Waals surface area contributed by atoms with E-state index >= 15 is 0 Å². The zero-order chi connectivity index (χ0) is 18.8. The van der Waals surface area contributed by atoms with Crippen LogP contribution in [-0.2, 0) is 0 Å². The summed E-state index contributed by atoms with van der Waals surface area (Å²) >= 11 is 0. The summed E-state index contributed by atoms with van der Waals surface area (Å²) in [7, 11) is 2.01. The van der Waals surface area contributed by atoms with Crippen LogP contribution < -0.4 is 10.6 Å². The van der Waals surface area contributed by atoms with E-state index in [-0.39, 0.29) is 30.0 Å². The lowest BCUT2D eigenvalue weighted by Crippen LogP contribution is -2.54. The molecule has 4 rings (SSSR count). The molecule has 0 radical (unpaired) electrons. The number of nitrogens with zero attached hydrogens (tertiary/aromatic N) is 1. The number of rotatable bonds is 3. The van der Waals surface area contributed by atoms with Crippen molar-refractivity contribution in [2.45, 2.75) is 18.5 Å². The molecule has 1 aliphatic rings. The first-order chi connectivity index (χ1) is 13.1. The highest BCUT2D eigenvalue weighted by Gasteiger charge is 2.35. The number of benzene rings is 3. The van der Waals surface area contributed by atoms with Gasteiger partial charge in [0.25, 0.3) is 0 Å². The molecule has 5 nitrogen and oxygen atoms in total. The van der Waals surface area contributed by atoms with Crippen LogP contribution in [0.4, 0.5) is 0 Å². The van der Waals surface area contributed by atoms with E-state index in [1.807, 2.05) is 43.4 Å². The first-order valence-corrected chi connectivity index (χ1v) is 8.99. The minimum Gasteiger partial charge on any atom is -0.508 e. The normalized spacial score (nSPS) is 23.2. The Morgan fingerprint density at radius 1 is 0.741 bits per heavy atom. The number of hydrogen-bond donors (Lipinski definition) is 4. The van der Waals surface area contributed by atoms with Gasteiger partial charge in [-0.2, -0.15) is 0 Å². The second kappa shape index (κ2) is 7.40. The monoisotopic (exact) mass is 361 g/mol. The van der Waals surface area contributed by atoms with E-state index in [1.54, 1.807) is 12.1 Å². The van der Waals surface area contributed by atoms with Crippen LogP contribution in [0, 0.1) is 0 Å². The molecule has 138 valence electrons. The van der Waals surface area contributed by atoms with Crippen molar-refractivity contribution < 1.29 is 10.2 Å². The van der Waals surface area contributed by atoms with E-state index < -0.39 is 0 Å². The topological polar surface area (TPSA) is 67.8 Å². The van der Waals surface area contributed by atoms with Crippen molar-refractivity contribution in [3.05, 3.63) is 95.6 Å². The van der Waals surface area contributed by atoms with E-state index in [2.05, 4.69) is 39.8 Å². The van der Waals surface area contributed by atoms with Crippen LogP contribution in [0.15, 0.2) is 78.9 Å². The van der Waals surface area contributed by atoms with Gasteiger partial charge in [0.1, 0.15) is 11.5 Å². The van der Waals surface area contributed by atoms with Gasteiger partial charge in [-0.3, -0.25) is 15.5 Å². The molecule has 0 spiro atoms. The third kappa shape index (κ3) is 3.53. The summed E-state index contributed by atoms with van der Waals surface area (Å²) < 4.78 is 0. The van der Waals surface area contributed by atoms with Crippen LogP contribution in [-0.4, -0.2) is 22.2 Å². The lowest BCUT2D eigenvalue weighted by atomic mass is 10.0. The summed E-state index contributed by atoms with van der Waals surface area (Å²) in [5, 5.41) is 27.3. The van der Waals surface area contributed by atoms with Gasteiger partial charge in [0.2, 0.25) is 0 Å². The summed E-state index contributed by atoms with van der Waals surface area (Å²) in [6.07, 6.45) is -0.371. The largest absolute Gasteiger partial charge is 0.508 e. The lowest BCUT2D eigenvalue weighted by molar-refractivity contribution is 0.0403. The van der Waals surface area contributed by atoms with Gasteiger partial charge in [0, 0.05) is 11.6 Å². The molecule has 5 heteroatoms. The van der Waals surface area contributed by atoms with E-state index in [9.17, 15) is 10.2 Å². The van der Waals surface area contributed by atoms with Crippen LogP contribution in [0.25, 0.3) is 0 Å². The maximum Gasteiger partial charge on any atom is 0.125 e. The van der Waals surface area contributed by atoms with E-state index in [0.29, 0.717) is 0 Å². The van der Waals surface area contributed by atoms with Crippen molar-refractivity contribution in [1.82, 2.24) is 15.5 Å². The van der Waals surface area contributed by atoms with Crippen molar-refractivity contribution in [3.8, 4) is 11.5 Å². The maximum absolute atomic E-state index is 10.4. The molecular weight excluding hydrogens is 338 g/mol. The molecule has 1 saturated heterocycles. The van der Waals surface area contributed by atoms with Gasteiger partial charge < -0.3 is 10.2 Å². The van der Waals surface area contributed by atoms with Crippen LogP contribution in [0.5, 0.6) is 11.5 Å². The van der Waals surface area contributed by atoms with Gasteiger partial charge in [-0.15, -0.1) is 0 Å². The SMILES string of the molecule is CN1C(c2ccccc2)NC(c2ccccc2)NC1c1ccc(O)cc1O. The maximum atomic E-state index is 10.4. The van der Waals surface area contributed by atoms with Gasteiger partial charge in [0.15, 0.2) is 0 Å². The Balaban J connectivity index is 1.75. The quantitative estimate of drug-likeness (QED) is 0.574. The average molecular weight is 361 g/mol. The van der Waals surface area contributed by atoms with Crippen LogP contribution in [0.2, 0.25) is 0 Å². The first-order valence-electron chi connectivity index (χ1n) is 8.99. The third-order valence-electron chi connectivity index (χ3n) is 5.02. The third-order valence-corrected chi connectivity index (χ3v) is 5.02. The van der Waals surface area contributed by atoms with Gasteiger partial charge in [-0.25, -0.2) is 0 Å². The van der Waals surface area contributed by atoms with E-state index in [4.69, 9.17) is 0 Å². The Morgan fingerprint density at radius 2 is 1.33 bits per heavy atom. The molecular formula is C22H23N3O2. The van der Waals surface area contributed by atoms with E-state index in [1.165, 1.54) is 6.07 Å². The fourth-order valence-corrected chi connectivity index (χ4v) is 3.63. The fraction of sp³-hybridized carbons (Fsp3) is 0.182. The highest BCUT2D eigenvalue weighted by molar-refractivity contribution is 5.41. The van der Waals surface area contributed by atoms with Crippen LogP contribution in [0.1, 0.15) is 35.2 Å². The molecule has 3 atom stereocenters. The number of hydrogen-bond acceptors (Lipinski definition) is 5. The highest BCUT2D eigenvalue weighted by atomic mass is 16.3. The Bertz CT molecular complexity index is 902. The predicted octanol–water partition coefficient (Wildman–Crippen LogP) is 3.62. The average Bonchev–Trinajstić information content (AvgIpc) is 2.70. The Hall–Kier alpha value is -2.86. The molecule has 0 aromatic heterocycles. The lowest BCUT2D eigenvalue weighted by Gasteiger charge is -2.45. The molecule has 0 saturated carbocycles. The molecule has 1 heterocycles. The molecule has 3 aromatic rings. The molecule has 1 fully saturated rings. The fourth-order valence-electron chi connectivity index (χ4n) is 3.63. The molecule has 27 heavy (non-hydrogen) atoms. The summed E-state index contributed by atoms with van der Waals surface area (Å²) in [4.78, 5) is 2.14. The minimum atomic E-state index is -0.234. The smallest absolute Gasteiger partial charge is 0.125 e. The minimum absolute atomic E-state index is 0.0455. The Kier molecular flexibility index (Phi) is 4.81. The number of nitrogens with one attached hydrogen (secondary N) is 2. The van der Waals surface area contributed by atoms with Gasteiger partial charge >= 0.3 is 0 Å². The zero-order valence-corrected chi connectivity index (χ0v) is 15.1. The number of aromatic hydroxyl groups is 2. The summed E-state index contributed by atoms with van der Waals surface area (Å²) in [5.74, 6) is 0.118.